The van der Waals surface area contributed by atoms with Crippen LogP contribution in [0.15, 0.2) is 144 Å². The molecule has 12 aromatic rings. The predicted octanol–water partition coefficient (Wildman–Crippen LogP) is 15.4. The average Bonchev–Trinajstić information content (AvgIpc) is 4.01. The van der Waals surface area contributed by atoms with Crippen molar-refractivity contribution in [3.05, 3.63) is 151 Å². The number of nitrogens with zero attached hydrogens (tertiary/aromatic N) is 1. The second kappa shape index (κ2) is 12.6. The molecule has 5 heterocycles. The van der Waals surface area contributed by atoms with E-state index in [2.05, 4.69) is 198 Å². The second-order valence-electron chi connectivity index (χ2n) is 19.2. The molecule has 0 saturated heterocycles. The Morgan fingerprint density at radius 1 is 0.548 bits per heavy atom. The minimum atomic E-state index is -0.0123. The van der Waals surface area contributed by atoms with E-state index in [0.29, 0.717) is 0 Å². The van der Waals surface area contributed by atoms with Crippen LogP contribution in [0.25, 0.3) is 101 Å². The topological polar surface area (TPSA) is 30.1 Å². The van der Waals surface area contributed by atoms with Crippen LogP contribution in [0.3, 0.4) is 0 Å². The summed E-state index contributed by atoms with van der Waals surface area (Å²) in [4.78, 5) is 0. The maximum atomic E-state index is 6.62. The minimum Gasteiger partial charge on any atom is -0.456 e. The van der Waals surface area contributed by atoms with E-state index in [9.17, 15) is 0 Å². The maximum absolute atomic E-state index is 6.62. The Kier molecular flexibility index (Phi) is 7.40. The predicted molar refractivity (Wildman–Crippen MR) is 271 cm³/mol. The Labute approximate surface area is 368 Å². The number of benzene rings is 8. The van der Waals surface area contributed by atoms with Crippen molar-refractivity contribution >= 4 is 136 Å². The zero-order chi connectivity index (χ0) is 41.8. The first kappa shape index (κ1) is 36.3. The molecule has 0 unspecified atom stereocenters. The Hall–Kier alpha value is -6.34. The van der Waals surface area contributed by atoms with Crippen molar-refractivity contribution in [1.29, 1.82) is 0 Å². The van der Waals surface area contributed by atoms with Crippen molar-refractivity contribution in [3.63, 3.8) is 0 Å². The van der Waals surface area contributed by atoms with E-state index < -0.39 is 0 Å². The molecule has 8 aromatic carbocycles. The van der Waals surface area contributed by atoms with Crippen LogP contribution in [-0.4, -0.2) is 11.8 Å². The summed E-state index contributed by atoms with van der Waals surface area (Å²) in [5, 5.41) is 14.1. The molecule has 4 aromatic heterocycles. The van der Waals surface area contributed by atoms with Gasteiger partial charge in [-0.1, -0.05) is 120 Å². The molecule has 0 aliphatic carbocycles. The molecule has 0 saturated carbocycles. The third-order valence-electron chi connectivity index (χ3n) is 13.3. The molecule has 13 rings (SSSR count). The van der Waals surface area contributed by atoms with Gasteiger partial charge in [-0.25, -0.2) is 0 Å². The highest BCUT2D eigenvalue weighted by molar-refractivity contribution is 7.27. The van der Waals surface area contributed by atoms with Gasteiger partial charge >= 0.3 is 0 Å². The van der Waals surface area contributed by atoms with Crippen molar-refractivity contribution in [2.24, 2.45) is 0 Å². The molecule has 0 amide bonds. The summed E-state index contributed by atoms with van der Waals surface area (Å²) in [5.74, 6) is 0. The first-order valence-corrected chi connectivity index (χ1v) is 23.2. The van der Waals surface area contributed by atoms with Crippen molar-refractivity contribution in [2.45, 2.75) is 52.4 Å². The van der Waals surface area contributed by atoms with E-state index in [1.54, 1.807) is 0 Å². The summed E-state index contributed by atoms with van der Waals surface area (Å²) in [6, 6.07) is 52.1. The first-order chi connectivity index (χ1) is 30.0. The lowest BCUT2D eigenvalue weighted by atomic mass is 9.58. The van der Waals surface area contributed by atoms with E-state index in [4.69, 9.17) is 4.42 Å². The van der Waals surface area contributed by atoms with Gasteiger partial charge in [0.05, 0.1) is 11.2 Å². The second-order valence-corrected chi connectivity index (χ2v) is 21.4. The average molecular weight is 834 g/mol. The smallest absolute Gasteiger partial charge is 0.198 e. The molecular weight excluding hydrogens is 792 g/mol. The molecule has 0 atom stereocenters. The molecule has 3 nitrogen and oxygen atoms in total. The number of furan rings is 1. The fourth-order valence-electron chi connectivity index (χ4n) is 10.2. The molecular formula is C56H42BN2OS2. The van der Waals surface area contributed by atoms with Crippen LogP contribution in [0.5, 0.6) is 0 Å². The number of aromatic nitrogens is 1. The lowest BCUT2D eigenvalue weighted by Crippen LogP contribution is -2.37. The summed E-state index contributed by atoms with van der Waals surface area (Å²) >= 11 is 3.81. The number of para-hydroxylation sites is 1. The number of thiophene rings is 2. The van der Waals surface area contributed by atoms with Crippen LogP contribution >= 0.6 is 22.7 Å². The number of nitrogens with one attached hydrogen (secondary N) is 1. The van der Waals surface area contributed by atoms with Gasteiger partial charge < -0.3 is 14.3 Å². The lowest BCUT2D eigenvalue weighted by Gasteiger charge is -2.25. The van der Waals surface area contributed by atoms with Gasteiger partial charge in [-0.05, 0) is 93.6 Å². The summed E-state index contributed by atoms with van der Waals surface area (Å²) in [5.41, 5.74) is 15.1. The first-order valence-electron chi connectivity index (χ1n) is 21.6. The van der Waals surface area contributed by atoms with E-state index in [0.717, 1.165) is 38.9 Å². The fraction of sp³-hybridized carbons (Fsp3) is 0.143. The third-order valence-corrected chi connectivity index (χ3v) is 15.6. The maximum Gasteiger partial charge on any atom is 0.198 e. The molecule has 1 N–H and O–H groups in total. The van der Waals surface area contributed by atoms with Crippen molar-refractivity contribution < 1.29 is 4.42 Å². The van der Waals surface area contributed by atoms with Gasteiger partial charge in [-0.2, -0.15) is 0 Å². The Bertz CT molecular complexity index is 3880. The molecule has 62 heavy (non-hydrogen) atoms. The molecule has 0 fully saturated rings. The van der Waals surface area contributed by atoms with Gasteiger partial charge in [0.1, 0.15) is 11.2 Å². The van der Waals surface area contributed by atoms with Gasteiger partial charge in [0.2, 0.25) is 0 Å². The summed E-state index contributed by atoms with van der Waals surface area (Å²) < 4.78 is 14.4. The largest absolute Gasteiger partial charge is 0.456 e. The molecule has 1 radical (unpaired) electrons. The highest BCUT2D eigenvalue weighted by atomic mass is 32.1. The van der Waals surface area contributed by atoms with E-state index in [-0.39, 0.29) is 10.8 Å². The van der Waals surface area contributed by atoms with Crippen molar-refractivity contribution in [2.75, 3.05) is 5.32 Å². The van der Waals surface area contributed by atoms with Gasteiger partial charge in [0, 0.05) is 90.4 Å². The van der Waals surface area contributed by atoms with Crippen LogP contribution in [0.4, 0.5) is 11.4 Å². The quantitative estimate of drug-likeness (QED) is 0.180. The SMILES string of the molecule is CC(C)(C)c1ccc(Nc2cc3oc4ccccc4c3cc2-c2c3c4c(c5cc(C(C)(C)C)ccc5n4-c4cc5c(cc4[B]3)sc3ccccc35)c3c2sc2ccccc23)cc1. The van der Waals surface area contributed by atoms with Gasteiger partial charge in [0.15, 0.2) is 7.28 Å². The van der Waals surface area contributed by atoms with Crippen molar-refractivity contribution in [1.82, 2.24) is 4.57 Å². The molecule has 297 valence electrons. The van der Waals surface area contributed by atoms with Crippen LogP contribution in [-0.2, 0) is 10.8 Å². The van der Waals surface area contributed by atoms with Crippen LogP contribution in [0, 0.1) is 0 Å². The van der Waals surface area contributed by atoms with E-state index >= 15 is 0 Å². The monoisotopic (exact) mass is 833 g/mol. The van der Waals surface area contributed by atoms with Crippen molar-refractivity contribution in [3.8, 4) is 16.8 Å². The molecule has 1 aliphatic rings. The fourth-order valence-corrected chi connectivity index (χ4v) is 12.6. The molecule has 0 spiro atoms. The van der Waals surface area contributed by atoms with Gasteiger partial charge in [-0.15, -0.1) is 22.7 Å². The Morgan fingerprint density at radius 2 is 1.24 bits per heavy atom. The summed E-state index contributed by atoms with van der Waals surface area (Å²) in [6.07, 6.45) is 0. The number of hydrogen-bond acceptors (Lipinski definition) is 4. The van der Waals surface area contributed by atoms with Crippen LogP contribution in [0.2, 0.25) is 0 Å². The van der Waals surface area contributed by atoms with Gasteiger partial charge in [0.25, 0.3) is 0 Å². The Morgan fingerprint density at radius 3 is 2.02 bits per heavy atom. The molecule has 1 aliphatic heterocycles. The highest BCUT2D eigenvalue weighted by Gasteiger charge is 2.32. The van der Waals surface area contributed by atoms with E-state index in [1.807, 2.05) is 22.7 Å². The minimum absolute atomic E-state index is 0.0123. The number of hydrogen-bond donors (Lipinski definition) is 1. The number of anilines is 2. The van der Waals surface area contributed by atoms with E-state index in [1.165, 1.54) is 95.5 Å². The summed E-state index contributed by atoms with van der Waals surface area (Å²) in [6.45, 7) is 13.8. The summed E-state index contributed by atoms with van der Waals surface area (Å²) in [7, 11) is 2.50. The highest BCUT2D eigenvalue weighted by Crippen LogP contribution is 2.50. The number of fused-ring (bicyclic) bond motifs is 15. The zero-order valence-electron chi connectivity index (χ0n) is 35.5. The number of rotatable bonds is 3. The van der Waals surface area contributed by atoms with Crippen LogP contribution in [0.1, 0.15) is 52.7 Å². The Balaban J connectivity index is 1.20. The molecule has 6 heteroatoms. The standard InChI is InChI=1S/C56H42BN2OS2/c1-55(2,3)30-19-22-32(23-20-30)58-41-29-45-36(33-13-7-10-16-44(33)60-45)26-38(41)51-52-53-49(50-35-15-9-12-18-47(35)62-54(50)51)39-25-31(56(4,5)6)21-24-42(39)59(53)43-27-37-34-14-8-11-17-46(34)61-48(37)28-40(43)57-52/h7-29,58H,1-6H3. The lowest BCUT2D eigenvalue weighted by molar-refractivity contribution is 0.590. The third kappa shape index (κ3) is 5.17. The van der Waals surface area contributed by atoms with Crippen LogP contribution < -0.4 is 16.2 Å². The zero-order valence-corrected chi connectivity index (χ0v) is 37.2. The normalized spacial score (nSPS) is 13.1. The van der Waals surface area contributed by atoms with Gasteiger partial charge in [-0.3, -0.25) is 0 Å². The molecule has 0 bridgehead atoms.